The third-order valence-electron chi connectivity index (χ3n) is 3.94. The van der Waals surface area contributed by atoms with E-state index in [1.165, 1.54) is 0 Å². The van der Waals surface area contributed by atoms with Crippen LogP contribution in [0.4, 0.5) is 4.79 Å². The van der Waals surface area contributed by atoms with Crippen LogP contribution in [-0.4, -0.2) is 76.6 Å². The predicted octanol–water partition coefficient (Wildman–Crippen LogP) is 2.58. The van der Waals surface area contributed by atoms with E-state index in [4.69, 9.17) is 18.9 Å². The van der Waals surface area contributed by atoms with Gasteiger partial charge in [-0.15, -0.1) is 0 Å². The van der Waals surface area contributed by atoms with Crippen molar-refractivity contribution in [1.82, 2.24) is 10.6 Å². The molecule has 0 saturated heterocycles. The Labute approximate surface area is 190 Å². The van der Waals surface area contributed by atoms with Crippen LogP contribution in [0.1, 0.15) is 54.3 Å². The number of hydrogen-bond donors (Lipinski definition) is 2. The fourth-order valence-corrected chi connectivity index (χ4v) is 2.41. The molecular formula is C23H36N2O7. The minimum Gasteiger partial charge on any atom is -0.444 e. The van der Waals surface area contributed by atoms with Crippen LogP contribution in [0.5, 0.6) is 0 Å². The molecular weight excluding hydrogens is 416 g/mol. The van der Waals surface area contributed by atoms with Gasteiger partial charge in [-0.3, -0.25) is 9.59 Å². The summed E-state index contributed by atoms with van der Waals surface area (Å²) in [4.78, 5) is 34.0. The van der Waals surface area contributed by atoms with Crippen molar-refractivity contribution in [3.63, 3.8) is 0 Å². The molecule has 2 amide bonds. The van der Waals surface area contributed by atoms with Crippen LogP contribution in [0, 0.1) is 0 Å². The van der Waals surface area contributed by atoms with Gasteiger partial charge in [-0.2, -0.15) is 0 Å². The third kappa shape index (κ3) is 14.5. The Balaban J connectivity index is 1.84. The summed E-state index contributed by atoms with van der Waals surface area (Å²) in [6, 6.07) is 6.47. The van der Waals surface area contributed by atoms with Gasteiger partial charge in [-0.1, -0.05) is 12.1 Å². The lowest BCUT2D eigenvalue weighted by Crippen LogP contribution is -2.33. The molecule has 0 aliphatic carbocycles. The summed E-state index contributed by atoms with van der Waals surface area (Å²) in [6.45, 7) is 9.41. The molecule has 0 saturated carbocycles. The first kappa shape index (κ1) is 27.5. The Bertz CT molecular complexity index is 672. The molecule has 9 nitrogen and oxygen atoms in total. The molecule has 180 valence electrons. The molecule has 32 heavy (non-hydrogen) atoms. The SMILES string of the molecule is CC(C)(C)OC(=O)NCCCOCCOCCOCCCNC(=O)c1ccc(C=O)cc1. The highest BCUT2D eigenvalue weighted by molar-refractivity contribution is 5.94. The maximum absolute atomic E-state index is 11.9. The van der Waals surface area contributed by atoms with Crippen molar-refractivity contribution in [3.05, 3.63) is 35.4 Å². The number of benzene rings is 1. The van der Waals surface area contributed by atoms with Crippen molar-refractivity contribution in [2.24, 2.45) is 0 Å². The summed E-state index contributed by atoms with van der Waals surface area (Å²) >= 11 is 0. The molecule has 0 bridgehead atoms. The molecule has 0 aliphatic rings. The van der Waals surface area contributed by atoms with Crippen molar-refractivity contribution in [3.8, 4) is 0 Å². The van der Waals surface area contributed by atoms with Gasteiger partial charge in [0.2, 0.25) is 0 Å². The molecule has 0 fully saturated rings. The first-order valence-electron chi connectivity index (χ1n) is 10.9. The summed E-state index contributed by atoms with van der Waals surface area (Å²) in [5.41, 5.74) is 0.562. The van der Waals surface area contributed by atoms with Crippen molar-refractivity contribution in [2.75, 3.05) is 52.7 Å². The molecule has 1 aromatic carbocycles. The molecule has 1 aromatic rings. The van der Waals surface area contributed by atoms with E-state index in [2.05, 4.69) is 10.6 Å². The number of hydrogen-bond acceptors (Lipinski definition) is 7. The number of carbonyl (C=O) groups is 3. The normalized spacial score (nSPS) is 11.1. The van der Waals surface area contributed by atoms with Crippen LogP contribution >= 0.6 is 0 Å². The molecule has 0 spiro atoms. The highest BCUT2D eigenvalue weighted by Crippen LogP contribution is 2.06. The lowest BCUT2D eigenvalue weighted by Gasteiger charge is -2.19. The second-order valence-electron chi connectivity index (χ2n) is 7.97. The first-order chi connectivity index (χ1) is 15.3. The lowest BCUT2D eigenvalue weighted by molar-refractivity contribution is 0.0136. The zero-order valence-corrected chi connectivity index (χ0v) is 19.3. The highest BCUT2D eigenvalue weighted by Gasteiger charge is 2.15. The fraction of sp³-hybridized carbons (Fsp3) is 0.609. The van der Waals surface area contributed by atoms with Gasteiger partial charge in [-0.25, -0.2) is 4.79 Å². The van der Waals surface area contributed by atoms with Crippen LogP contribution < -0.4 is 10.6 Å². The van der Waals surface area contributed by atoms with E-state index in [-0.39, 0.29) is 5.91 Å². The van der Waals surface area contributed by atoms with Gasteiger partial charge in [0.1, 0.15) is 11.9 Å². The molecule has 0 radical (unpaired) electrons. The predicted molar refractivity (Wildman–Crippen MR) is 120 cm³/mol. The summed E-state index contributed by atoms with van der Waals surface area (Å²) < 4.78 is 21.4. The van der Waals surface area contributed by atoms with Crippen molar-refractivity contribution >= 4 is 18.3 Å². The van der Waals surface area contributed by atoms with Crippen LogP contribution in [0.2, 0.25) is 0 Å². The molecule has 2 N–H and O–H groups in total. The highest BCUT2D eigenvalue weighted by atomic mass is 16.6. The standard InChI is InChI=1S/C23H36N2O7/c1-23(2,3)32-22(28)25-11-5-13-30-15-17-31-16-14-29-12-4-10-24-21(27)20-8-6-19(18-26)7-9-20/h6-9,18H,4-5,10-17H2,1-3H3,(H,24,27)(H,25,28). The Morgan fingerprint density at radius 1 is 0.812 bits per heavy atom. The van der Waals surface area contributed by atoms with Crippen LogP contribution in [0.25, 0.3) is 0 Å². The number of alkyl carbamates (subject to hydrolysis) is 1. The smallest absolute Gasteiger partial charge is 0.407 e. The maximum Gasteiger partial charge on any atom is 0.407 e. The number of carbonyl (C=O) groups excluding carboxylic acids is 3. The number of amides is 2. The van der Waals surface area contributed by atoms with Crippen LogP contribution in [0.3, 0.4) is 0 Å². The Morgan fingerprint density at radius 2 is 1.31 bits per heavy atom. The second-order valence-corrected chi connectivity index (χ2v) is 7.97. The van der Waals surface area contributed by atoms with Gasteiger partial charge in [0.15, 0.2) is 0 Å². The monoisotopic (exact) mass is 452 g/mol. The van der Waals surface area contributed by atoms with E-state index < -0.39 is 11.7 Å². The maximum atomic E-state index is 11.9. The summed E-state index contributed by atoms with van der Waals surface area (Å²) in [7, 11) is 0. The largest absolute Gasteiger partial charge is 0.444 e. The number of ether oxygens (including phenoxy) is 4. The number of nitrogens with one attached hydrogen (secondary N) is 2. The van der Waals surface area contributed by atoms with Crippen molar-refractivity contribution in [2.45, 2.75) is 39.2 Å². The topological polar surface area (TPSA) is 112 Å². The zero-order valence-electron chi connectivity index (χ0n) is 19.3. The fourth-order valence-electron chi connectivity index (χ4n) is 2.41. The Kier molecular flexibility index (Phi) is 13.9. The van der Waals surface area contributed by atoms with Gasteiger partial charge < -0.3 is 29.6 Å². The number of rotatable bonds is 16. The van der Waals surface area contributed by atoms with Gasteiger partial charge in [0.05, 0.1) is 26.4 Å². The summed E-state index contributed by atoms with van der Waals surface area (Å²) in [6.07, 6.45) is 1.71. The molecule has 0 heterocycles. The minimum atomic E-state index is -0.496. The van der Waals surface area contributed by atoms with E-state index in [1.807, 2.05) is 20.8 Å². The quantitative estimate of drug-likeness (QED) is 0.293. The average Bonchev–Trinajstić information content (AvgIpc) is 2.75. The molecule has 9 heteroatoms. The minimum absolute atomic E-state index is 0.175. The van der Waals surface area contributed by atoms with Gasteiger partial charge in [0.25, 0.3) is 5.91 Å². The van der Waals surface area contributed by atoms with E-state index in [1.54, 1.807) is 24.3 Å². The van der Waals surface area contributed by atoms with E-state index in [0.717, 1.165) is 6.29 Å². The van der Waals surface area contributed by atoms with Gasteiger partial charge in [0, 0.05) is 37.4 Å². The van der Waals surface area contributed by atoms with Crippen molar-refractivity contribution < 1.29 is 33.3 Å². The Hall–Kier alpha value is -2.49. The van der Waals surface area contributed by atoms with Crippen LogP contribution in [-0.2, 0) is 18.9 Å². The third-order valence-corrected chi connectivity index (χ3v) is 3.94. The summed E-state index contributed by atoms with van der Waals surface area (Å²) in [5, 5.41) is 5.48. The zero-order chi connectivity index (χ0) is 23.7. The Morgan fingerprint density at radius 3 is 1.81 bits per heavy atom. The molecule has 0 atom stereocenters. The van der Waals surface area contributed by atoms with E-state index in [0.29, 0.717) is 76.7 Å². The van der Waals surface area contributed by atoms with Gasteiger partial charge >= 0.3 is 6.09 Å². The molecule has 0 aromatic heterocycles. The molecule has 0 aliphatic heterocycles. The van der Waals surface area contributed by atoms with Gasteiger partial charge in [-0.05, 0) is 45.7 Å². The van der Waals surface area contributed by atoms with Crippen molar-refractivity contribution in [1.29, 1.82) is 0 Å². The average molecular weight is 453 g/mol. The van der Waals surface area contributed by atoms with E-state index >= 15 is 0 Å². The van der Waals surface area contributed by atoms with Crippen LogP contribution in [0.15, 0.2) is 24.3 Å². The number of aldehydes is 1. The molecule has 0 unspecified atom stereocenters. The second kappa shape index (κ2) is 16.2. The summed E-state index contributed by atoms with van der Waals surface area (Å²) in [5.74, 6) is -0.175. The van der Waals surface area contributed by atoms with E-state index in [9.17, 15) is 14.4 Å². The lowest BCUT2D eigenvalue weighted by atomic mass is 10.1. The molecule has 1 rings (SSSR count). The first-order valence-corrected chi connectivity index (χ1v) is 10.9.